The number of carbonyl (C=O) groups excluding carboxylic acids is 2. The molecule has 0 saturated carbocycles. The molecule has 0 fully saturated rings. The summed E-state index contributed by atoms with van der Waals surface area (Å²) in [6.45, 7) is 8.60. The Kier molecular flexibility index (Phi) is 8.02. The number of nitrogens with one attached hydrogen (secondary N) is 1. The van der Waals surface area contributed by atoms with Gasteiger partial charge in [0, 0.05) is 6.04 Å². The number of halogens is 1. The second kappa shape index (κ2) is 9.43. The van der Waals surface area contributed by atoms with Crippen molar-refractivity contribution in [3.8, 4) is 5.75 Å². The summed E-state index contributed by atoms with van der Waals surface area (Å²) < 4.78 is 48.0. The van der Waals surface area contributed by atoms with Gasteiger partial charge in [-0.1, -0.05) is 16.0 Å². The molecule has 1 amide bonds. The SMILES string of the molecule is COC(=O)C(C)(C)CC(Cc1ccc(OS(=O)(=O)F)cc1)NC(=O)OC(C)(C)C. The summed E-state index contributed by atoms with van der Waals surface area (Å²) in [7, 11) is -3.82. The molecule has 1 aromatic rings. The number of methoxy groups -OCH3 is 1. The van der Waals surface area contributed by atoms with Gasteiger partial charge in [0.1, 0.15) is 11.4 Å². The standard InChI is InChI=1S/C19H28FNO7S/c1-18(2,3)27-17(23)21-14(12-19(4,5)16(22)26-6)11-13-7-9-15(10-8-13)28-29(20,24)25/h7-10,14H,11-12H2,1-6H3,(H,21,23). The minimum atomic E-state index is -5.11. The van der Waals surface area contributed by atoms with E-state index in [0.29, 0.717) is 12.0 Å². The van der Waals surface area contributed by atoms with E-state index in [1.165, 1.54) is 31.4 Å². The molecule has 1 unspecified atom stereocenters. The second-order valence-electron chi connectivity index (χ2n) is 8.25. The topological polar surface area (TPSA) is 108 Å². The van der Waals surface area contributed by atoms with Gasteiger partial charge in [0.2, 0.25) is 0 Å². The number of rotatable bonds is 8. The third-order valence-electron chi connectivity index (χ3n) is 3.82. The van der Waals surface area contributed by atoms with Gasteiger partial charge in [0.25, 0.3) is 0 Å². The Morgan fingerprint density at radius 2 is 1.66 bits per heavy atom. The van der Waals surface area contributed by atoms with E-state index in [9.17, 15) is 21.9 Å². The summed E-state index contributed by atoms with van der Waals surface area (Å²) in [6.07, 6.45) is -0.0649. The second-order valence-corrected chi connectivity index (χ2v) is 9.20. The molecule has 1 rings (SSSR count). The number of ether oxygens (including phenoxy) is 2. The van der Waals surface area contributed by atoms with Crippen molar-refractivity contribution in [3.05, 3.63) is 29.8 Å². The van der Waals surface area contributed by atoms with Crippen molar-refractivity contribution in [1.29, 1.82) is 0 Å². The van der Waals surface area contributed by atoms with Crippen LogP contribution >= 0.6 is 0 Å². The molecule has 1 atom stereocenters. The molecule has 10 heteroatoms. The average molecular weight is 433 g/mol. The highest BCUT2D eigenvalue weighted by atomic mass is 32.3. The molecule has 1 N–H and O–H groups in total. The Morgan fingerprint density at radius 1 is 1.10 bits per heavy atom. The molecule has 1 aromatic carbocycles. The van der Waals surface area contributed by atoms with Gasteiger partial charge in [0.05, 0.1) is 12.5 Å². The van der Waals surface area contributed by atoms with Gasteiger partial charge < -0.3 is 19.0 Å². The van der Waals surface area contributed by atoms with Crippen molar-refractivity contribution in [3.63, 3.8) is 0 Å². The minimum Gasteiger partial charge on any atom is -0.469 e. The molecule has 29 heavy (non-hydrogen) atoms. The highest BCUT2D eigenvalue weighted by Gasteiger charge is 2.33. The number of esters is 1. The lowest BCUT2D eigenvalue weighted by Crippen LogP contribution is -2.44. The predicted molar refractivity (Wildman–Crippen MR) is 104 cm³/mol. The molecule has 0 saturated heterocycles. The zero-order chi connectivity index (χ0) is 22.5. The van der Waals surface area contributed by atoms with Gasteiger partial charge in [-0.15, -0.1) is 0 Å². The van der Waals surface area contributed by atoms with Crippen LogP contribution in [0.5, 0.6) is 5.75 Å². The summed E-state index contributed by atoms with van der Waals surface area (Å²) in [5.41, 5.74) is -0.862. The fourth-order valence-corrected chi connectivity index (χ4v) is 3.05. The van der Waals surface area contributed by atoms with Crippen LogP contribution in [0.15, 0.2) is 24.3 Å². The smallest absolute Gasteiger partial charge is 0.469 e. The molecule has 0 aliphatic heterocycles. The third-order valence-corrected chi connectivity index (χ3v) is 4.21. The van der Waals surface area contributed by atoms with Crippen LogP contribution in [0, 0.1) is 5.41 Å². The van der Waals surface area contributed by atoms with Crippen LogP contribution < -0.4 is 9.50 Å². The van der Waals surface area contributed by atoms with Gasteiger partial charge in [0.15, 0.2) is 0 Å². The number of hydrogen-bond donors (Lipinski definition) is 1. The Labute approximate surface area is 171 Å². The van der Waals surface area contributed by atoms with E-state index in [4.69, 9.17) is 9.47 Å². The molecule has 0 bridgehead atoms. The van der Waals surface area contributed by atoms with Crippen LogP contribution in [0.4, 0.5) is 8.68 Å². The molecule has 0 aromatic heterocycles. The van der Waals surface area contributed by atoms with Crippen LogP contribution in [-0.2, 0) is 31.2 Å². The highest BCUT2D eigenvalue weighted by Crippen LogP contribution is 2.26. The number of benzene rings is 1. The molecule has 164 valence electrons. The summed E-state index contributed by atoms with van der Waals surface area (Å²) in [5, 5.41) is 2.75. The fraction of sp³-hybridized carbons (Fsp3) is 0.579. The zero-order valence-corrected chi connectivity index (χ0v) is 18.3. The Bertz CT molecular complexity index is 814. The van der Waals surface area contributed by atoms with Crippen molar-refractivity contribution in [2.45, 2.75) is 59.1 Å². The lowest BCUT2D eigenvalue weighted by Gasteiger charge is -2.29. The number of carbonyl (C=O) groups is 2. The van der Waals surface area contributed by atoms with Crippen LogP contribution in [-0.4, -0.2) is 39.2 Å². The van der Waals surface area contributed by atoms with Crippen molar-refractivity contribution < 1.29 is 35.5 Å². The normalized spacial score (nSPS) is 13.3. The van der Waals surface area contributed by atoms with Gasteiger partial charge in [-0.3, -0.25) is 4.79 Å². The van der Waals surface area contributed by atoms with E-state index >= 15 is 0 Å². The lowest BCUT2D eigenvalue weighted by atomic mass is 9.84. The van der Waals surface area contributed by atoms with Crippen LogP contribution in [0.2, 0.25) is 0 Å². The first-order valence-electron chi connectivity index (χ1n) is 8.92. The van der Waals surface area contributed by atoms with E-state index in [1.807, 2.05) is 0 Å². The molecule has 0 radical (unpaired) electrons. The zero-order valence-electron chi connectivity index (χ0n) is 17.4. The van der Waals surface area contributed by atoms with Crippen LogP contribution in [0.25, 0.3) is 0 Å². The van der Waals surface area contributed by atoms with E-state index in [1.54, 1.807) is 34.6 Å². The summed E-state index contributed by atoms with van der Waals surface area (Å²) in [6, 6.07) is 5.17. The van der Waals surface area contributed by atoms with Gasteiger partial charge in [-0.2, -0.15) is 8.42 Å². The predicted octanol–water partition coefficient (Wildman–Crippen LogP) is 3.30. The summed E-state index contributed by atoms with van der Waals surface area (Å²) in [4.78, 5) is 24.3. The highest BCUT2D eigenvalue weighted by molar-refractivity contribution is 7.81. The van der Waals surface area contributed by atoms with Crippen LogP contribution in [0.3, 0.4) is 0 Å². The Hall–Kier alpha value is -2.36. The number of hydrogen-bond acceptors (Lipinski definition) is 7. The van der Waals surface area contributed by atoms with Gasteiger partial charge >= 0.3 is 22.6 Å². The molecule has 0 spiro atoms. The molecule has 0 aliphatic rings. The largest absolute Gasteiger partial charge is 0.488 e. The van der Waals surface area contributed by atoms with Crippen LogP contribution in [0.1, 0.15) is 46.6 Å². The summed E-state index contributed by atoms with van der Waals surface area (Å²) in [5.74, 6) is -0.604. The minimum absolute atomic E-state index is 0.178. The first-order chi connectivity index (χ1) is 13.1. The van der Waals surface area contributed by atoms with E-state index in [2.05, 4.69) is 9.50 Å². The van der Waals surface area contributed by atoms with E-state index < -0.39 is 39.6 Å². The van der Waals surface area contributed by atoms with Gasteiger partial charge in [-0.05, 0) is 65.2 Å². The Morgan fingerprint density at radius 3 is 2.10 bits per heavy atom. The number of amides is 1. The van der Waals surface area contributed by atoms with E-state index in [0.717, 1.165) is 0 Å². The average Bonchev–Trinajstić information content (AvgIpc) is 2.52. The van der Waals surface area contributed by atoms with Crippen molar-refractivity contribution >= 4 is 22.6 Å². The number of alkyl carbamates (subject to hydrolysis) is 1. The molecule has 0 aliphatic carbocycles. The quantitative estimate of drug-likeness (QED) is 0.495. The molecular weight excluding hydrogens is 405 g/mol. The monoisotopic (exact) mass is 433 g/mol. The maximum absolute atomic E-state index is 12.6. The van der Waals surface area contributed by atoms with Crippen molar-refractivity contribution in [2.75, 3.05) is 7.11 Å². The molecular formula is C19H28FNO7S. The third kappa shape index (κ3) is 9.60. The van der Waals surface area contributed by atoms with Gasteiger partial charge in [-0.25, -0.2) is 4.79 Å². The first kappa shape index (κ1) is 24.7. The first-order valence-corrected chi connectivity index (χ1v) is 10.2. The fourth-order valence-electron chi connectivity index (χ4n) is 2.70. The maximum atomic E-state index is 12.6. The van der Waals surface area contributed by atoms with Crippen molar-refractivity contribution in [1.82, 2.24) is 5.32 Å². The lowest BCUT2D eigenvalue weighted by molar-refractivity contribution is -0.151. The summed E-state index contributed by atoms with van der Waals surface area (Å²) >= 11 is 0. The van der Waals surface area contributed by atoms with E-state index in [-0.39, 0.29) is 12.2 Å². The molecule has 0 heterocycles. The Balaban J connectivity index is 2.98. The maximum Gasteiger partial charge on any atom is 0.488 e. The molecule has 8 nitrogen and oxygen atoms in total. The van der Waals surface area contributed by atoms with Crippen molar-refractivity contribution in [2.24, 2.45) is 5.41 Å².